The number of likely N-dealkylation sites (tertiary alicyclic amines) is 1. The Balaban J connectivity index is 1.48. The van der Waals surface area contributed by atoms with Gasteiger partial charge in [-0.2, -0.15) is 0 Å². The fourth-order valence-electron chi connectivity index (χ4n) is 3.91. The summed E-state index contributed by atoms with van der Waals surface area (Å²) in [5, 5.41) is 1.17. The van der Waals surface area contributed by atoms with Crippen molar-refractivity contribution in [3.63, 3.8) is 0 Å². The molecule has 1 atom stereocenters. The van der Waals surface area contributed by atoms with E-state index < -0.39 is 0 Å². The summed E-state index contributed by atoms with van der Waals surface area (Å²) in [6.07, 6.45) is 5.23. The summed E-state index contributed by atoms with van der Waals surface area (Å²) in [5.74, 6) is 0. The van der Waals surface area contributed by atoms with Crippen LogP contribution in [-0.2, 0) is 6.54 Å². The van der Waals surface area contributed by atoms with E-state index in [2.05, 4.69) is 39.0 Å². The highest BCUT2D eigenvalue weighted by Gasteiger charge is 2.27. The summed E-state index contributed by atoms with van der Waals surface area (Å²) in [7, 11) is 0. The maximum atomic E-state index is 12.5. The van der Waals surface area contributed by atoms with Crippen molar-refractivity contribution in [2.75, 3.05) is 6.54 Å². The van der Waals surface area contributed by atoms with Gasteiger partial charge >= 0.3 is 0 Å². The second-order valence-corrected chi connectivity index (χ2v) is 9.14. The molecule has 4 heterocycles. The van der Waals surface area contributed by atoms with Crippen LogP contribution in [-0.4, -0.2) is 25.8 Å². The maximum absolute atomic E-state index is 12.5. The van der Waals surface area contributed by atoms with Crippen LogP contribution in [0.3, 0.4) is 0 Å². The third-order valence-electron chi connectivity index (χ3n) is 5.25. The average molecular weight is 455 g/mol. The zero-order valence-corrected chi connectivity index (χ0v) is 17.6. The molecular weight excluding hydrogens is 436 g/mol. The van der Waals surface area contributed by atoms with Gasteiger partial charge in [-0.05, 0) is 59.6 Å². The maximum Gasteiger partial charge on any atom is 0.258 e. The van der Waals surface area contributed by atoms with E-state index in [1.165, 1.54) is 22.5 Å². The van der Waals surface area contributed by atoms with Crippen LogP contribution < -0.4 is 5.56 Å². The molecule has 4 aromatic rings. The van der Waals surface area contributed by atoms with Gasteiger partial charge in [0.15, 0.2) is 0 Å². The van der Waals surface area contributed by atoms with Crippen molar-refractivity contribution >= 4 is 43.1 Å². The summed E-state index contributed by atoms with van der Waals surface area (Å²) in [4.78, 5) is 24.6. The molecule has 0 bridgehead atoms. The first-order valence-electron chi connectivity index (χ1n) is 9.45. The smallest absolute Gasteiger partial charge is 0.258 e. The fourth-order valence-corrected chi connectivity index (χ4v) is 5.38. The molecule has 1 aliphatic rings. The van der Waals surface area contributed by atoms with Crippen LogP contribution in [0.1, 0.15) is 36.0 Å². The first-order valence-corrected chi connectivity index (χ1v) is 11.1. The van der Waals surface area contributed by atoms with Crippen molar-refractivity contribution in [1.29, 1.82) is 0 Å². The zero-order chi connectivity index (χ0) is 19.1. The van der Waals surface area contributed by atoms with Gasteiger partial charge in [0.25, 0.3) is 5.56 Å². The second-order valence-electron chi connectivity index (χ2n) is 7.16. The van der Waals surface area contributed by atoms with Crippen molar-refractivity contribution < 1.29 is 0 Å². The normalized spacial score (nSPS) is 18.1. The van der Waals surface area contributed by atoms with Gasteiger partial charge in [-0.1, -0.05) is 18.6 Å². The Morgan fingerprint density at radius 2 is 2.04 bits per heavy atom. The van der Waals surface area contributed by atoms with Crippen LogP contribution in [0.2, 0.25) is 0 Å². The predicted molar refractivity (Wildman–Crippen MR) is 116 cm³/mol. The zero-order valence-electron chi connectivity index (χ0n) is 15.2. The Bertz CT molecular complexity index is 1180. The lowest BCUT2D eigenvalue weighted by Crippen LogP contribution is -2.33. The van der Waals surface area contributed by atoms with E-state index in [9.17, 15) is 4.79 Å². The number of piperidine rings is 1. The molecule has 1 saturated heterocycles. The van der Waals surface area contributed by atoms with Crippen LogP contribution in [0.4, 0.5) is 0 Å². The lowest BCUT2D eigenvalue weighted by Gasteiger charge is -2.34. The topological polar surface area (TPSA) is 50.5 Å². The Morgan fingerprint density at radius 3 is 2.93 bits per heavy atom. The number of rotatable bonds is 3. The van der Waals surface area contributed by atoms with Gasteiger partial charge in [-0.15, -0.1) is 11.3 Å². The number of thiazole rings is 1. The number of nitrogens with zero attached hydrogens (tertiary/aromatic N) is 4. The Hall–Kier alpha value is -2.09. The Kier molecular flexibility index (Phi) is 4.74. The third-order valence-corrected chi connectivity index (χ3v) is 6.86. The molecule has 0 spiro atoms. The molecule has 0 aliphatic carbocycles. The van der Waals surface area contributed by atoms with E-state index in [1.807, 2.05) is 18.2 Å². The van der Waals surface area contributed by atoms with Crippen LogP contribution >= 0.6 is 27.3 Å². The standard InChI is InChI=1S/C21H19BrN4OS/c22-14-8-9-19-23-15(11-20(27)26(19)12-14)13-25-10-4-3-6-17(25)21-24-16-5-1-2-7-18(16)28-21/h1-2,5,7-9,11-12,17H,3-4,6,10,13H2/t17-/m1/s1. The average Bonchev–Trinajstić information content (AvgIpc) is 3.13. The van der Waals surface area contributed by atoms with Gasteiger partial charge in [0.2, 0.25) is 0 Å². The molecule has 1 fully saturated rings. The molecule has 28 heavy (non-hydrogen) atoms. The van der Waals surface area contributed by atoms with Crippen molar-refractivity contribution in [3.8, 4) is 0 Å². The van der Waals surface area contributed by atoms with Crippen molar-refractivity contribution in [3.05, 3.63) is 74.2 Å². The van der Waals surface area contributed by atoms with Crippen molar-refractivity contribution in [2.45, 2.75) is 31.8 Å². The molecule has 0 radical (unpaired) electrons. The molecule has 0 amide bonds. The second kappa shape index (κ2) is 7.39. The molecule has 0 saturated carbocycles. The summed E-state index contributed by atoms with van der Waals surface area (Å²) in [6, 6.07) is 14.0. The minimum absolute atomic E-state index is 0.0464. The molecule has 1 aromatic carbocycles. The molecule has 5 nitrogen and oxygen atoms in total. The molecule has 142 valence electrons. The lowest BCUT2D eigenvalue weighted by molar-refractivity contribution is 0.138. The minimum Gasteiger partial charge on any atom is -0.288 e. The first-order chi connectivity index (χ1) is 13.7. The Morgan fingerprint density at radius 1 is 1.14 bits per heavy atom. The third kappa shape index (κ3) is 3.38. The monoisotopic (exact) mass is 454 g/mol. The van der Waals surface area contributed by atoms with Crippen LogP contribution in [0.5, 0.6) is 0 Å². The number of pyridine rings is 1. The van der Waals surface area contributed by atoms with E-state index in [-0.39, 0.29) is 11.6 Å². The van der Waals surface area contributed by atoms with E-state index in [1.54, 1.807) is 28.0 Å². The predicted octanol–water partition coefficient (Wildman–Crippen LogP) is 4.79. The summed E-state index contributed by atoms with van der Waals surface area (Å²) in [5.41, 5.74) is 2.52. The van der Waals surface area contributed by atoms with Crippen molar-refractivity contribution in [2.24, 2.45) is 0 Å². The lowest BCUT2D eigenvalue weighted by atomic mass is 10.0. The van der Waals surface area contributed by atoms with Crippen LogP contribution in [0, 0.1) is 0 Å². The van der Waals surface area contributed by atoms with E-state index in [0.717, 1.165) is 28.6 Å². The number of hydrogen-bond acceptors (Lipinski definition) is 5. The van der Waals surface area contributed by atoms with Crippen LogP contribution in [0.15, 0.2) is 57.9 Å². The quantitative estimate of drug-likeness (QED) is 0.446. The number of para-hydroxylation sites is 1. The number of benzene rings is 1. The van der Waals surface area contributed by atoms with Gasteiger partial charge in [0.1, 0.15) is 10.7 Å². The van der Waals surface area contributed by atoms with Gasteiger partial charge in [0.05, 0.1) is 22.0 Å². The SMILES string of the molecule is O=c1cc(CN2CCCC[C@@H]2c2nc3ccccc3s2)nc2ccc(Br)cn12. The summed E-state index contributed by atoms with van der Waals surface area (Å²) < 4.78 is 3.67. The number of halogens is 1. The van der Waals surface area contributed by atoms with E-state index >= 15 is 0 Å². The summed E-state index contributed by atoms with van der Waals surface area (Å²) in [6.45, 7) is 1.67. The molecule has 5 rings (SSSR count). The van der Waals surface area contributed by atoms with E-state index in [4.69, 9.17) is 9.97 Å². The summed E-state index contributed by atoms with van der Waals surface area (Å²) >= 11 is 5.19. The molecule has 7 heteroatoms. The molecule has 0 unspecified atom stereocenters. The van der Waals surface area contributed by atoms with Gasteiger partial charge in [-0.3, -0.25) is 14.1 Å². The highest BCUT2D eigenvalue weighted by atomic mass is 79.9. The minimum atomic E-state index is -0.0464. The van der Waals surface area contributed by atoms with Gasteiger partial charge in [0, 0.05) is 23.3 Å². The Labute approximate surface area is 174 Å². The highest BCUT2D eigenvalue weighted by Crippen LogP contribution is 2.36. The molecular formula is C21H19BrN4OS. The highest BCUT2D eigenvalue weighted by molar-refractivity contribution is 9.10. The van der Waals surface area contributed by atoms with Crippen molar-refractivity contribution in [1.82, 2.24) is 19.3 Å². The number of aromatic nitrogens is 3. The molecule has 3 aromatic heterocycles. The van der Waals surface area contributed by atoms with Gasteiger partial charge in [-0.25, -0.2) is 9.97 Å². The number of fused-ring (bicyclic) bond motifs is 2. The van der Waals surface area contributed by atoms with Crippen LogP contribution in [0.25, 0.3) is 15.9 Å². The van der Waals surface area contributed by atoms with Gasteiger partial charge < -0.3 is 0 Å². The van der Waals surface area contributed by atoms with E-state index in [0.29, 0.717) is 12.2 Å². The fraction of sp³-hybridized carbons (Fsp3) is 0.286. The largest absolute Gasteiger partial charge is 0.288 e. The number of hydrogen-bond donors (Lipinski definition) is 0. The molecule has 1 aliphatic heterocycles. The first kappa shape index (κ1) is 18.0. The molecule has 0 N–H and O–H groups in total.